The van der Waals surface area contributed by atoms with E-state index in [1.165, 1.54) is 0 Å². The van der Waals surface area contributed by atoms with E-state index in [9.17, 15) is 13.2 Å². The molecule has 0 aliphatic heterocycles. The molecule has 0 heterocycles. The van der Waals surface area contributed by atoms with Crippen LogP contribution in [0.2, 0.25) is 0 Å². The number of nitrogens with zero attached hydrogens (tertiary/aromatic N) is 1. The quantitative estimate of drug-likeness (QED) is 0.368. The molecule has 0 amide bonds. The molecule has 0 bridgehead atoms. The van der Waals surface area contributed by atoms with Gasteiger partial charge < -0.3 is 18.5 Å². The number of halogens is 3. The molecule has 21 heavy (non-hydrogen) atoms. The lowest BCUT2D eigenvalue weighted by atomic mass is 10.4. The maximum Gasteiger partial charge on any atom is 0.536 e. The molecule has 0 aromatic carbocycles. The molecule has 0 aliphatic carbocycles. The largest absolute Gasteiger partial charge is 0.725 e. The fourth-order valence-corrected chi connectivity index (χ4v) is 1.40. The van der Waals surface area contributed by atoms with Crippen molar-refractivity contribution in [2.24, 2.45) is 0 Å². The molecule has 0 fully saturated rings. The second-order valence-corrected chi connectivity index (χ2v) is 5.29. The fraction of sp³-hybridized carbons (Fsp3) is 1.00. The van der Waals surface area contributed by atoms with Crippen molar-refractivity contribution < 1.29 is 44.3 Å². The molecular formula is C10H22F3NO6S. The third kappa shape index (κ3) is 17.5. The summed E-state index contributed by atoms with van der Waals surface area (Å²) in [5.41, 5.74) is 0. The zero-order valence-corrected chi connectivity index (χ0v) is 13.3. The number of hydrogen-bond acceptors (Lipinski definition) is 6. The highest BCUT2D eigenvalue weighted by molar-refractivity contribution is 7.80. The molecule has 0 atom stereocenters. The minimum absolute atomic E-state index is 0.827. The van der Waals surface area contributed by atoms with Crippen molar-refractivity contribution in [1.29, 1.82) is 0 Å². The van der Waals surface area contributed by atoms with Gasteiger partial charge in [0.1, 0.15) is 13.1 Å². The third-order valence-corrected chi connectivity index (χ3v) is 3.02. The summed E-state index contributed by atoms with van der Waals surface area (Å²) in [6.45, 7) is 7.12. The van der Waals surface area contributed by atoms with Crippen molar-refractivity contribution >= 4 is 10.4 Å². The zero-order chi connectivity index (χ0) is 17.2. The Morgan fingerprint density at radius 1 is 1.10 bits per heavy atom. The van der Waals surface area contributed by atoms with Crippen LogP contribution in [-0.4, -0.2) is 77.9 Å². The standard InChI is InChI=1S/C9H22NO2.CHF3O4S/c1-5-10(2,6-8-11-3)7-9-12-4;2-1(3,4)8-9(5,6)7/h5-9H2,1-4H3;(H,5,6,7)/q+1;/p-1. The molecule has 0 spiro atoms. The van der Waals surface area contributed by atoms with E-state index < -0.39 is 16.8 Å². The van der Waals surface area contributed by atoms with Crippen LogP contribution in [0, 0.1) is 0 Å². The average Bonchev–Trinajstić information content (AvgIpc) is 2.30. The summed E-state index contributed by atoms with van der Waals surface area (Å²) >= 11 is 0. The molecule has 0 saturated carbocycles. The van der Waals surface area contributed by atoms with Crippen LogP contribution in [-0.2, 0) is 24.1 Å². The number of quaternary nitrogens is 1. The van der Waals surface area contributed by atoms with Crippen molar-refractivity contribution in [3.8, 4) is 0 Å². The molecule has 7 nitrogen and oxygen atoms in total. The second-order valence-electron chi connectivity index (χ2n) is 4.31. The fourth-order valence-electron chi connectivity index (χ4n) is 1.17. The van der Waals surface area contributed by atoms with Gasteiger partial charge in [0.05, 0.1) is 26.8 Å². The molecule has 0 aliphatic rings. The average molecular weight is 341 g/mol. The van der Waals surface area contributed by atoms with E-state index in [0.717, 1.165) is 37.3 Å². The van der Waals surface area contributed by atoms with Crippen LogP contribution >= 0.6 is 0 Å². The summed E-state index contributed by atoms with van der Waals surface area (Å²) in [4.78, 5) is 0. The van der Waals surface area contributed by atoms with Gasteiger partial charge >= 0.3 is 6.36 Å². The van der Waals surface area contributed by atoms with E-state index in [1.54, 1.807) is 14.2 Å². The first kappa shape index (κ1) is 22.8. The normalized spacial score (nSPS) is 12.8. The Morgan fingerprint density at radius 2 is 1.48 bits per heavy atom. The van der Waals surface area contributed by atoms with Gasteiger partial charge in [-0.2, -0.15) is 4.18 Å². The molecule has 130 valence electrons. The SMILES string of the molecule is CC[N+](C)(CCOC)CCOC.O=S(=O)([O-])OC(F)(F)F. The first-order valence-corrected chi connectivity index (χ1v) is 7.27. The maximum absolute atomic E-state index is 10.8. The van der Waals surface area contributed by atoms with Crippen LogP contribution < -0.4 is 0 Å². The van der Waals surface area contributed by atoms with Crippen LogP contribution in [0.1, 0.15) is 6.92 Å². The zero-order valence-electron chi connectivity index (χ0n) is 12.5. The first-order valence-electron chi connectivity index (χ1n) is 5.93. The van der Waals surface area contributed by atoms with Crippen LogP contribution in [0.15, 0.2) is 0 Å². The molecule has 0 saturated heterocycles. The highest BCUT2D eigenvalue weighted by Gasteiger charge is 2.32. The monoisotopic (exact) mass is 341 g/mol. The molecule has 0 unspecified atom stereocenters. The summed E-state index contributed by atoms with van der Waals surface area (Å²) < 4.78 is 72.9. The lowest BCUT2D eigenvalue weighted by molar-refractivity contribution is -0.908. The number of methoxy groups -OCH3 is 2. The van der Waals surface area contributed by atoms with Crippen molar-refractivity contribution in [2.45, 2.75) is 13.3 Å². The Labute approximate surface area is 123 Å². The van der Waals surface area contributed by atoms with Gasteiger partial charge in [-0.25, -0.2) is 8.42 Å². The molecule has 0 rings (SSSR count). The summed E-state index contributed by atoms with van der Waals surface area (Å²) in [6, 6.07) is 0. The van der Waals surface area contributed by atoms with E-state index in [0.29, 0.717) is 0 Å². The van der Waals surface area contributed by atoms with Gasteiger partial charge in [-0.05, 0) is 6.92 Å². The minimum Gasteiger partial charge on any atom is -0.725 e. The number of hydrogen-bond donors (Lipinski definition) is 0. The van der Waals surface area contributed by atoms with Gasteiger partial charge in [-0.15, -0.1) is 13.2 Å². The molecule has 0 aromatic rings. The van der Waals surface area contributed by atoms with Gasteiger partial charge in [-0.3, -0.25) is 0 Å². The molecule has 0 N–H and O–H groups in total. The topological polar surface area (TPSA) is 84.9 Å². The Bertz CT molecular complexity index is 352. The maximum atomic E-state index is 10.8. The lowest BCUT2D eigenvalue weighted by Gasteiger charge is -2.32. The van der Waals surface area contributed by atoms with E-state index >= 15 is 0 Å². The summed E-state index contributed by atoms with van der Waals surface area (Å²) in [7, 11) is 0.0700. The van der Waals surface area contributed by atoms with E-state index in [1.807, 2.05) is 4.18 Å². The van der Waals surface area contributed by atoms with Gasteiger partial charge in [0.2, 0.25) is 10.4 Å². The number of ether oxygens (including phenoxy) is 2. The van der Waals surface area contributed by atoms with Crippen molar-refractivity contribution in [2.75, 3.05) is 54.1 Å². The predicted molar refractivity (Wildman–Crippen MR) is 67.0 cm³/mol. The lowest BCUT2D eigenvalue weighted by Crippen LogP contribution is -2.48. The van der Waals surface area contributed by atoms with Gasteiger partial charge in [0.25, 0.3) is 0 Å². The van der Waals surface area contributed by atoms with Crippen LogP contribution in [0.4, 0.5) is 13.2 Å². The number of likely N-dealkylation sites (N-methyl/N-ethyl adjacent to an activating group) is 1. The second kappa shape index (κ2) is 10.3. The van der Waals surface area contributed by atoms with Crippen LogP contribution in [0.5, 0.6) is 0 Å². The van der Waals surface area contributed by atoms with Crippen LogP contribution in [0.3, 0.4) is 0 Å². The smallest absolute Gasteiger partial charge is 0.536 e. The van der Waals surface area contributed by atoms with Crippen molar-refractivity contribution in [3.05, 3.63) is 0 Å². The van der Waals surface area contributed by atoms with Crippen LogP contribution in [0.25, 0.3) is 0 Å². The van der Waals surface area contributed by atoms with E-state index in [4.69, 9.17) is 22.4 Å². The summed E-state index contributed by atoms with van der Waals surface area (Å²) in [6.07, 6.45) is -5.42. The van der Waals surface area contributed by atoms with E-state index in [2.05, 4.69) is 14.0 Å². The Balaban J connectivity index is 0. The van der Waals surface area contributed by atoms with Gasteiger partial charge in [0.15, 0.2) is 0 Å². The highest BCUT2D eigenvalue weighted by Crippen LogP contribution is 2.17. The number of rotatable bonds is 8. The Hall–Kier alpha value is -0.460. The molecule has 11 heteroatoms. The van der Waals surface area contributed by atoms with Gasteiger partial charge in [0, 0.05) is 14.2 Å². The number of alkyl halides is 3. The molecular weight excluding hydrogens is 319 g/mol. The molecule has 0 radical (unpaired) electrons. The van der Waals surface area contributed by atoms with Crippen molar-refractivity contribution in [1.82, 2.24) is 0 Å². The first-order chi connectivity index (χ1) is 9.39. The third-order valence-electron chi connectivity index (χ3n) is 2.63. The summed E-state index contributed by atoms with van der Waals surface area (Å²) in [5, 5.41) is 0. The highest BCUT2D eigenvalue weighted by atomic mass is 32.3. The molecule has 0 aromatic heterocycles. The Kier molecular flexibility index (Phi) is 11.2. The van der Waals surface area contributed by atoms with E-state index in [-0.39, 0.29) is 0 Å². The summed E-state index contributed by atoms with van der Waals surface area (Å²) in [5.74, 6) is 0. The Morgan fingerprint density at radius 3 is 1.62 bits per heavy atom. The minimum atomic E-state index is -5.66. The van der Waals surface area contributed by atoms with Gasteiger partial charge in [-0.1, -0.05) is 0 Å². The van der Waals surface area contributed by atoms with Crippen molar-refractivity contribution in [3.63, 3.8) is 0 Å². The predicted octanol–water partition coefficient (Wildman–Crippen LogP) is 0.729.